The molecular formula is C30H37ClN2O4. The number of carboxylic acid groups (broad SMARTS) is 1. The van der Waals surface area contributed by atoms with Gasteiger partial charge in [-0.25, -0.2) is 0 Å². The van der Waals surface area contributed by atoms with Crippen molar-refractivity contribution < 1.29 is 19.4 Å². The van der Waals surface area contributed by atoms with Crippen molar-refractivity contribution in [3.63, 3.8) is 0 Å². The SMILES string of the molecule is C[C@H]1C(=O)N(C)C/C=C/CCCCN2CCCCc3cc(Cl)ccc3COc3ccc(cc32)C1C(=O)O. The van der Waals surface area contributed by atoms with Crippen molar-refractivity contribution in [3.05, 3.63) is 70.3 Å². The molecule has 0 radical (unpaired) electrons. The first kappa shape index (κ1) is 27.1. The van der Waals surface area contributed by atoms with E-state index < -0.39 is 17.8 Å². The van der Waals surface area contributed by atoms with Gasteiger partial charge in [0.2, 0.25) is 5.91 Å². The molecule has 0 spiro atoms. The van der Waals surface area contributed by atoms with E-state index in [1.165, 1.54) is 5.56 Å². The summed E-state index contributed by atoms with van der Waals surface area (Å²) >= 11 is 6.28. The number of likely N-dealkylation sites (N-methyl/N-ethyl adjacent to an activating group) is 1. The van der Waals surface area contributed by atoms with Crippen LogP contribution in [0.4, 0.5) is 5.69 Å². The molecular weight excluding hydrogens is 488 g/mol. The van der Waals surface area contributed by atoms with E-state index in [0.717, 1.165) is 73.6 Å². The molecule has 37 heavy (non-hydrogen) atoms. The number of halogens is 1. The van der Waals surface area contributed by atoms with Crippen LogP contribution in [0.1, 0.15) is 61.6 Å². The molecule has 4 rings (SSSR count). The van der Waals surface area contributed by atoms with Gasteiger partial charge in [-0.15, -0.1) is 0 Å². The van der Waals surface area contributed by atoms with Gasteiger partial charge in [0.05, 0.1) is 17.5 Å². The number of nitrogens with zero attached hydrogens (tertiary/aromatic N) is 2. The predicted molar refractivity (Wildman–Crippen MR) is 148 cm³/mol. The molecule has 2 aliphatic rings. The first-order chi connectivity index (χ1) is 17.8. The van der Waals surface area contributed by atoms with E-state index in [-0.39, 0.29) is 5.91 Å². The van der Waals surface area contributed by atoms with Gasteiger partial charge in [0, 0.05) is 31.7 Å². The lowest BCUT2D eigenvalue weighted by molar-refractivity contribution is -0.145. The third kappa shape index (κ3) is 6.67. The second-order valence-corrected chi connectivity index (χ2v) is 10.6. The molecule has 2 heterocycles. The molecule has 1 unspecified atom stereocenters. The molecule has 0 fully saturated rings. The predicted octanol–water partition coefficient (Wildman–Crippen LogP) is 6.06. The maximum atomic E-state index is 13.1. The van der Waals surface area contributed by atoms with Crippen molar-refractivity contribution in [2.45, 2.75) is 58.0 Å². The highest BCUT2D eigenvalue weighted by atomic mass is 35.5. The molecule has 6 nitrogen and oxygen atoms in total. The Labute approximate surface area is 224 Å². The summed E-state index contributed by atoms with van der Waals surface area (Å²) in [6.45, 7) is 4.32. The number of aliphatic carboxylic acids is 1. The largest absolute Gasteiger partial charge is 0.487 e. The highest BCUT2D eigenvalue weighted by molar-refractivity contribution is 6.30. The Kier molecular flexibility index (Phi) is 9.14. The van der Waals surface area contributed by atoms with Crippen molar-refractivity contribution in [3.8, 4) is 5.75 Å². The van der Waals surface area contributed by atoms with Gasteiger partial charge in [-0.3, -0.25) is 9.59 Å². The molecule has 0 saturated carbocycles. The van der Waals surface area contributed by atoms with Gasteiger partial charge in [0.15, 0.2) is 0 Å². The van der Waals surface area contributed by atoms with Crippen molar-refractivity contribution in [1.82, 2.24) is 4.90 Å². The molecule has 2 aromatic rings. The minimum absolute atomic E-state index is 0.174. The number of amides is 1. The Morgan fingerprint density at radius 1 is 1.03 bits per heavy atom. The third-order valence-electron chi connectivity index (χ3n) is 7.48. The zero-order valence-corrected chi connectivity index (χ0v) is 22.5. The zero-order valence-electron chi connectivity index (χ0n) is 21.8. The van der Waals surface area contributed by atoms with E-state index in [2.05, 4.69) is 11.0 Å². The first-order valence-corrected chi connectivity index (χ1v) is 13.6. The molecule has 0 aliphatic carbocycles. The highest BCUT2D eigenvalue weighted by Gasteiger charge is 2.34. The van der Waals surface area contributed by atoms with Crippen LogP contribution in [0, 0.1) is 5.92 Å². The van der Waals surface area contributed by atoms with E-state index in [9.17, 15) is 14.7 Å². The Morgan fingerprint density at radius 2 is 1.81 bits per heavy atom. The maximum absolute atomic E-state index is 13.1. The van der Waals surface area contributed by atoms with Gasteiger partial charge < -0.3 is 19.6 Å². The lowest BCUT2D eigenvalue weighted by Gasteiger charge is -2.29. The van der Waals surface area contributed by atoms with Crippen molar-refractivity contribution >= 4 is 29.2 Å². The van der Waals surface area contributed by atoms with Crippen LogP contribution in [-0.4, -0.2) is 48.6 Å². The zero-order chi connectivity index (χ0) is 26.4. The molecule has 2 bridgehead atoms. The smallest absolute Gasteiger partial charge is 0.311 e. The number of carbonyl (C=O) groups is 2. The van der Waals surface area contributed by atoms with Gasteiger partial charge in [0.25, 0.3) is 0 Å². The topological polar surface area (TPSA) is 70.1 Å². The lowest BCUT2D eigenvalue weighted by Crippen LogP contribution is -2.37. The van der Waals surface area contributed by atoms with Gasteiger partial charge in [-0.1, -0.05) is 42.8 Å². The average molecular weight is 525 g/mol. The molecule has 0 saturated heterocycles. The normalized spacial score (nSPS) is 22.5. The fraction of sp³-hybridized carbons (Fsp3) is 0.467. The van der Waals surface area contributed by atoms with Gasteiger partial charge in [-0.2, -0.15) is 0 Å². The van der Waals surface area contributed by atoms with E-state index in [0.29, 0.717) is 18.7 Å². The van der Waals surface area contributed by atoms with Crippen LogP contribution >= 0.6 is 11.6 Å². The second kappa shape index (κ2) is 12.5. The minimum atomic E-state index is -0.996. The summed E-state index contributed by atoms with van der Waals surface area (Å²) in [5.74, 6) is -2.09. The van der Waals surface area contributed by atoms with Crippen molar-refractivity contribution in [1.29, 1.82) is 0 Å². The number of hydrogen-bond donors (Lipinski definition) is 1. The Hall–Kier alpha value is -2.99. The maximum Gasteiger partial charge on any atom is 0.311 e. The van der Waals surface area contributed by atoms with E-state index in [1.54, 1.807) is 24.9 Å². The second-order valence-electron chi connectivity index (χ2n) is 10.2. The Morgan fingerprint density at radius 3 is 2.59 bits per heavy atom. The van der Waals surface area contributed by atoms with Crippen LogP contribution < -0.4 is 9.64 Å². The number of carboxylic acids is 1. The number of benzene rings is 2. The van der Waals surface area contributed by atoms with Crippen LogP contribution in [0.15, 0.2) is 48.6 Å². The summed E-state index contributed by atoms with van der Waals surface area (Å²) in [4.78, 5) is 29.5. The van der Waals surface area contributed by atoms with Crippen LogP contribution in [0.2, 0.25) is 5.02 Å². The summed E-state index contributed by atoms with van der Waals surface area (Å²) in [7, 11) is 1.73. The molecule has 0 aromatic heterocycles. The van der Waals surface area contributed by atoms with Crippen LogP contribution in [0.3, 0.4) is 0 Å². The molecule has 1 amide bonds. The third-order valence-corrected chi connectivity index (χ3v) is 7.72. The minimum Gasteiger partial charge on any atom is -0.487 e. The summed E-state index contributed by atoms with van der Waals surface area (Å²) in [5.41, 5.74) is 3.85. The van der Waals surface area contributed by atoms with E-state index >= 15 is 0 Å². The fourth-order valence-corrected chi connectivity index (χ4v) is 5.53. The Balaban J connectivity index is 1.76. The number of aryl methyl sites for hydroxylation is 1. The van der Waals surface area contributed by atoms with E-state index in [1.807, 2.05) is 36.4 Å². The molecule has 2 atom stereocenters. The summed E-state index contributed by atoms with van der Waals surface area (Å²) in [6.07, 6.45) is 10.1. The number of carbonyl (C=O) groups excluding carboxylic acids is 1. The molecule has 7 heteroatoms. The number of rotatable bonds is 1. The molecule has 2 aromatic carbocycles. The Bertz CT molecular complexity index is 1150. The van der Waals surface area contributed by atoms with Crippen molar-refractivity contribution in [2.24, 2.45) is 5.92 Å². The van der Waals surface area contributed by atoms with Crippen molar-refractivity contribution in [2.75, 3.05) is 31.6 Å². The first-order valence-electron chi connectivity index (χ1n) is 13.3. The quantitative estimate of drug-likeness (QED) is 0.459. The van der Waals surface area contributed by atoms with Crippen LogP contribution in [0.25, 0.3) is 0 Å². The van der Waals surface area contributed by atoms with Gasteiger partial charge in [0.1, 0.15) is 12.4 Å². The highest BCUT2D eigenvalue weighted by Crippen LogP contribution is 2.37. The van der Waals surface area contributed by atoms with Crippen LogP contribution in [-0.2, 0) is 22.6 Å². The molecule has 2 aliphatic heterocycles. The summed E-state index contributed by atoms with van der Waals surface area (Å²) in [6, 6.07) is 11.6. The van der Waals surface area contributed by atoms with Gasteiger partial charge in [-0.05, 0) is 79.5 Å². The van der Waals surface area contributed by atoms with Crippen LogP contribution in [0.5, 0.6) is 5.75 Å². The number of hydrogen-bond acceptors (Lipinski definition) is 4. The number of anilines is 1. The number of allylic oxidation sites excluding steroid dienone is 1. The number of fused-ring (bicyclic) bond motifs is 2. The van der Waals surface area contributed by atoms with Gasteiger partial charge >= 0.3 is 5.97 Å². The van der Waals surface area contributed by atoms with E-state index in [4.69, 9.17) is 16.3 Å². The molecule has 198 valence electrons. The fourth-order valence-electron chi connectivity index (χ4n) is 5.33. The summed E-state index contributed by atoms with van der Waals surface area (Å²) in [5, 5.41) is 10.9. The summed E-state index contributed by atoms with van der Waals surface area (Å²) < 4.78 is 6.38. The molecule has 1 N–H and O–H groups in total. The standard InChI is InChI=1S/C30H37ClN2O4/c1-21-28(30(35)36)23-12-14-27-26(19-23)33(16-8-5-3-4-7-15-32(2)29(21)34)17-9-6-10-22-18-25(31)13-11-24(22)20-37-27/h4,7,11-14,18-19,21,28H,3,5-6,8-10,15-17,20H2,1-2H3,(H,35,36)/b7-4+/t21-,28?/m1/s1. The monoisotopic (exact) mass is 524 g/mol. The number of ether oxygens (including phenoxy) is 1. The lowest BCUT2D eigenvalue weighted by atomic mass is 9.86. The average Bonchev–Trinajstić information content (AvgIpc) is 2.90.